The molecule has 5 rings (SSSR count). The van der Waals surface area contributed by atoms with Crippen molar-refractivity contribution in [3.63, 3.8) is 0 Å². The number of nitrogens with one attached hydrogen (secondary N) is 2. The summed E-state index contributed by atoms with van der Waals surface area (Å²) in [5.74, 6) is 0.752. The number of aromatic nitrogens is 3. The molecule has 2 heterocycles. The normalized spacial score (nSPS) is 18.6. The highest BCUT2D eigenvalue weighted by Crippen LogP contribution is 2.30. The lowest BCUT2D eigenvalue weighted by Gasteiger charge is -2.27. The molecule has 1 saturated carbocycles. The summed E-state index contributed by atoms with van der Waals surface area (Å²) in [6.07, 6.45) is 7.38. The molecule has 0 amide bonds. The Kier molecular flexibility index (Phi) is 6.01. The van der Waals surface area contributed by atoms with Crippen molar-refractivity contribution in [1.82, 2.24) is 15.0 Å². The third-order valence-electron chi connectivity index (χ3n) is 5.91. The molecule has 0 saturated heterocycles. The van der Waals surface area contributed by atoms with Gasteiger partial charge < -0.3 is 15.7 Å². The summed E-state index contributed by atoms with van der Waals surface area (Å²) >= 11 is 1.64. The van der Waals surface area contributed by atoms with Crippen LogP contribution in [0.2, 0.25) is 0 Å². The van der Waals surface area contributed by atoms with Gasteiger partial charge in [0.25, 0.3) is 0 Å². The van der Waals surface area contributed by atoms with Crippen molar-refractivity contribution in [1.29, 1.82) is 0 Å². The molecule has 0 aliphatic heterocycles. The molecular formula is C25H27N5OS. The van der Waals surface area contributed by atoms with E-state index in [0.717, 1.165) is 63.7 Å². The van der Waals surface area contributed by atoms with Gasteiger partial charge in [-0.3, -0.25) is 4.98 Å². The van der Waals surface area contributed by atoms with Crippen LogP contribution in [0.25, 0.3) is 21.5 Å². The summed E-state index contributed by atoms with van der Waals surface area (Å²) < 4.78 is 1.14. The van der Waals surface area contributed by atoms with E-state index in [-0.39, 0.29) is 12.1 Å². The minimum Gasteiger partial charge on any atom is -0.391 e. The number of aliphatic hydroxyl groups excluding tert-OH is 1. The maximum Gasteiger partial charge on any atom is 0.184 e. The van der Waals surface area contributed by atoms with Crippen LogP contribution in [0.1, 0.15) is 36.8 Å². The Hall–Kier alpha value is -3.03. The van der Waals surface area contributed by atoms with E-state index in [1.807, 2.05) is 6.07 Å². The number of hydrogen-bond donors (Lipinski definition) is 3. The molecule has 1 aliphatic rings. The minimum absolute atomic E-state index is 0.102. The second-order valence-electron chi connectivity index (χ2n) is 8.44. The van der Waals surface area contributed by atoms with Gasteiger partial charge in [-0.15, -0.1) is 0 Å². The Morgan fingerprint density at radius 2 is 1.97 bits per heavy atom. The van der Waals surface area contributed by atoms with Gasteiger partial charge in [0.1, 0.15) is 5.82 Å². The van der Waals surface area contributed by atoms with Crippen LogP contribution in [0.3, 0.4) is 0 Å². The Bertz CT molecular complexity index is 1220. The lowest BCUT2D eigenvalue weighted by Crippen LogP contribution is -2.36. The number of hydrogen-bond acceptors (Lipinski definition) is 7. The van der Waals surface area contributed by atoms with Gasteiger partial charge in [-0.05, 0) is 43.5 Å². The van der Waals surface area contributed by atoms with Crippen LogP contribution < -0.4 is 10.6 Å². The first-order chi connectivity index (χ1) is 15.6. The number of rotatable bonds is 6. The molecule has 7 heteroatoms. The number of anilines is 2. The maximum atomic E-state index is 10.2. The molecule has 2 atom stereocenters. The molecule has 2 aromatic carbocycles. The summed E-state index contributed by atoms with van der Waals surface area (Å²) in [4.78, 5) is 13.8. The second-order valence-corrected chi connectivity index (χ2v) is 9.47. The minimum atomic E-state index is -0.285. The summed E-state index contributed by atoms with van der Waals surface area (Å²) in [6, 6.07) is 14.7. The van der Waals surface area contributed by atoms with Crippen LogP contribution in [0.5, 0.6) is 0 Å². The molecular weight excluding hydrogens is 418 g/mol. The lowest BCUT2D eigenvalue weighted by molar-refractivity contribution is 0.116. The van der Waals surface area contributed by atoms with Crippen LogP contribution in [0.15, 0.2) is 54.9 Å². The lowest BCUT2D eigenvalue weighted by atomic mass is 9.93. The summed E-state index contributed by atoms with van der Waals surface area (Å²) in [5, 5.41) is 17.9. The molecule has 0 radical (unpaired) electrons. The smallest absolute Gasteiger partial charge is 0.184 e. The van der Waals surface area contributed by atoms with Crippen LogP contribution >= 0.6 is 11.3 Å². The third kappa shape index (κ3) is 4.74. The first kappa shape index (κ1) is 20.8. The number of aryl methyl sites for hydroxylation is 1. The van der Waals surface area contributed by atoms with Gasteiger partial charge in [0, 0.05) is 12.1 Å². The van der Waals surface area contributed by atoms with Crippen molar-refractivity contribution in [2.75, 3.05) is 10.6 Å². The summed E-state index contributed by atoms with van der Waals surface area (Å²) in [7, 11) is 0. The molecule has 2 aromatic heterocycles. The van der Waals surface area contributed by atoms with Crippen LogP contribution in [-0.2, 0) is 6.54 Å². The van der Waals surface area contributed by atoms with Crippen molar-refractivity contribution < 1.29 is 5.11 Å². The van der Waals surface area contributed by atoms with Crippen molar-refractivity contribution in [2.45, 2.75) is 51.3 Å². The van der Waals surface area contributed by atoms with Gasteiger partial charge in [-0.2, -0.15) is 0 Å². The van der Waals surface area contributed by atoms with Crippen molar-refractivity contribution >= 4 is 32.5 Å². The predicted molar refractivity (Wildman–Crippen MR) is 131 cm³/mol. The topological polar surface area (TPSA) is 83.0 Å². The van der Waals surface area contributed by atoms with Gasteiger partial charge in [0.2, 0.25) is 0 Å². The fourth-order valence-corrected chi connectivity index (χ4v) is 5.16. The molecule has 164 valence electrons. The summed E-state index contributed by atoms with van der Waals surface area (Å²) in [5.41, 5.74) is 5.26. The van der Waals surface area contributed by atoms with Crippen LogP contribution in [-0.4, -0.2) is 32.2 Å². The second kappa shape index (κ2) is 9.22. The van der Waals surface area contributed by atoms with Crippen LogP contribution in [0.4, 0.5) is 10.9 Å². The molecule has 1 aliphatic carbocycles. The Balaban J connectivity index is 1.27. The highest BCUT2D eigenvalue weighted by atomic mass is 32.1. The van der Waals surface area contributed by atoms with Crippen molar-refractivity contribution in [3.8, 4) is 11.3 Å². The Morgan fingerprint density at radius 1 is 1.06 bits per heavy atom. The van der Waals surface area contributed by atoms with E-state index < -0.39 is 0 Å². The first-order valence-corrected chi connectivity index (χ1v) is 11.9. The average Bonchev–Trinajstić information content (AvgIpc) is 3.21. The highest BCUT2D eigenvalue weighted by Gasteiger charge is 2.23. The number of nitrogens with zero attached hydrogens (tertiary/aromatic N) is 3. The zero-order valence-electron chi connectivity index (χ0n) is 18.1. The fourth-order valence-electron chi connectivity index (χ4n) is 4.17. The molecule has 0 bridgehead atoms. The van der Waals surface area contributed by atoms with Gasteiger partial charge in [0.05, 0.1) is 40.5 Å². The first-order valence-electron chi connectivity index (χ1n) is 11.1. The van der Waals surface area contributed by atoms with Gasteiger partial charge in [0.15, 0.2) is 5.13 Å². The van der Waals surface area contributed by atoms with E-state index >= 15 is 0 Å². The zero-order chi connectivity index (χ0) is 21.9. The molecule has 1 fully saturated rings. The molecule has 32 heavy (non-hydrogen) atoms. The van der Waals surface area contributed by atoms with Gasteiger partial charge in [-0.25, -0.2) is 9.97 Å². The SMILES string of the molecule is Cc1cccc(-c2cncc(NCc3ccc4nc(NC5CCCC[C@H]5O)sc4c3)n2)c1. The third-order valence-corrected chi connectivity index (χ3v) is 6.86. The highest BCUT2D eigenvalue weighted by molar-refractivity contribution is 7.22. The largest absolute Gasteiger partial charge is 0.391 e. The maximum absolute atomic E-state index is 10.2. The zero-order valence-corrected chi connectivity index (χ0v) is 18.9. The van der Waals surface area contributed by atoms with E-state index in [1.54, 1.807) is 23.7 Å². The summed E-state index contributed by atoms with van der Waals surface area (Å²) in [6.45, 7) is 2.73. The number of benzene rings is 2. The number of thiazole rings is 1. The monoisotopic (exact) mass is 445 g/mol. The van der Waals surface area contributed by atoms with E-state index in [2.05, 4.69) is 58.9 Å². The average molecular weight is 446 g/mol. The fraction of sp³-hybridized carbons (Fsp3) is 0.320. The molecule has 0 spiro atoms. The standard InChI is InChI=1S/C25H27N5OS/c1-16-5-4-6-18(11-16)21-14-26-15-24(28-21)27-13-17-9-10-20-23(12-17)32-25(30-20)29-19-7-2-3-8-22(19)31/h4-6,9-12,14-15,19,22,31H,2-3,7-8,13H2,1H3,(H,27,28)(H,29,30)/t19?,22-/m1/s1. The Morgan fingerprint density at radius 3 is 2.84 bits per heavy atom. The number of aliphatic hydroxyl groups is 1. The molecule has 1 unspecified atom stereocenters. The van der Waals surface area contributed by atoms with Gasteiger partial charge >= 0.3 is 0 Å². The van der Waals surface area contributed by atoms with E-state index in [0.29, 0.717) is 6.54 Å². The van der Waals surface area contributed by atoms with E-state index in [1.165, 1.54) is 5.56 Å². The van der Waals surface area contributed by atoms with E-state index in [4.69, 9.17) is 9.97 Å². The molecule has 4 aromatic rings. The van der Waals surface area contributed by atoms with Crippen LogP contribution in [0, 0.1) is 6.92 Å². The molecule has 3 N–H and O–H groups in total. The van der Waals surface area contributed by atoms with Gasteiger partial charge in [-0.1, -0.05) is 54.0 Å². The quantitative estimate of drug-likeness (QED) is 0.369. The molecule has 6 nitrogen and oxygen atoms in total. The van der Waals surface area contributed by atoms with Crippen molar-refractivity contribution in [2.24, 2.45) is 0 Å². The number of fused-ring (bicyclic) bond motifs is 1. The predicted octanol–water partition coefficient (Wildman–Crippen LogP) is 5.39. The Labute approximate surface area is 191 Å². The van der Waals surface area contributed by atoms with Crippen molar-refractivity contribution in [3.05, 3.63) is 66.0 Å². The van der Waals surface area contributed by atoms with E-state index in [9.17, 15) is 5.11 Å².